The van der Waals surface area contributed by atoms with E-state index in [-0.39, 0.29) is 20.9 Å². The zero-order valence-electron chi connectivity index (χ0n) is 3.19. The minimum atomic E-state index is 0.0211. The van der Waals surface area contributed by atoms with Gasteiger partial charge in [0.25, 0.3) is 0 Å². The molecule has 0 saturated heterocycles. The van der Waals surface area contributed by atoms with Gasteiger partial charge in [0.1, 0.15) is 0 Å². The first-order valence-electron chi connectivity index (χ1n) is 1.49. The summed E-state index contributed by atoms with van der Waals surface area (Å²) in [5.74, 6) is 0. The summed E-state index contributed by atoms with van der Waals surface area (Å²) in [4.78, 5) is 0. The van der Waals surface area contributed by atoms with Crippen LogP contribution in [-0.2, 0) is 0 Å². The van der Waals surface area contributed by atoms with Crippen LogP contribution >= 0.6 is 0 Å². The van der Waals surface area contributed by atoms with Crippen molar-refractivity contribution in [2.75, 3.05) is 0 Å². The van der Waals surface area contributed by atoms with E-state index in [4.69, 9.17) is 6.42 Å². The molecule has 0 aromatic heterocycles. The Hall–Kier alpha value is 0.350. The minimum absolute atomic E-state index is 0.0211. The van der Waals surface area contributed by atoms with Crippen LogP contribution in [0.1, 0.15) is 6.92 Å². The molecular weight excluding hydrogens is 176 g/mol. The summed E-state index contributed by atoms with van der Waals surface area (Å²) < 4.78 is 3.88. The third-order valence-corrected chi connectivity index (χ3v) is 1.53. The fraction of sp³-hybridized carbons (Fsp3) is 0.500. The van der Waals surface area contributed by atoms with Crippen LogP contribution in [-0.4, -0.2) is 20.9 Å². The summed E-state index contributed by atoms with van der Waals surface area (Å²) in [6, 6.07) is 0. The molecule has 0 N–H and O–H groups in total. The number of rotatable bonds is 1. The van der Waals surface area contributed by atoms with E-state index in [0.717, 1.165) is 0 Å². The van der Waals surface area contributed by atoms with Gasteiger partial charge in [-0.15, -0.1) is 0 Å². The molecule has 0 unspecified atom stereocenters. The van der Waals surface area contributed by atoms with Crippen molar-refractivity contribution in [1.82, 2.24) is 0 Å². The quantitative estimate of drug-likeness (QED) is 0.413. The summed E-state index contributed by atoms with van der Waals surface area (Å²) in [6.07, 6.45) is 4.95. The standard InChI is InChI=1S/C4H6Te/c1-3-5-4-2/h1H,4H2,2H3. The third kappa shape index (κ3) is 4.35. The van der Waals surface area contributed by atoms with E-state index < -0.39 is 0 Å². The van der Waals surface area contributed by atoms with Gasteiger partial charge in [-0.1, -0.05) is 0 Å². The Kier molecular flexibility index (Phi) is 4.65. The Morgan fingerprint density at radius 2 is 2.60 bits per heavy atom. The molecule has 0 spiro atoms. The average molecular weight is 182 g/mol. The van der Waals surface area contributed by atoms with Crippen molar-refractivity contribution in [1.29, 1.82) is 0 Å². The van der Waals surface area contributed by atoms with E-state index >= 15 is 0 Å². The summed E-state index contributed by atoms with van der Waals surface area (Å²) in [5, 5.41) is 0. The Bertz CT molecular complexity index is 42.1. The van der Waals surface area contributed by atoms with Crippen molar-refractivity contribution in [2.45, 2.75) is 11.4 Å². The molecule has 0 aliphatic rings. The summed E-state index contributed by atoms with van der Waals surface area (Å²) >= 11 is 0.0211. The average Bonchev–Trinajstić information content (AvgIpc) is 1.41. The first kappa shape index (κ1) is 5.35. The van der Waals surface area contributed by atoms with Crippen LogP contribution in [0.2, 0.25) is 4.47 Å². The van der Waals surface area contributed by atoms with E-state index in [1.54, 1.807) is 0 Å². The summed E-state index contributed by atoms with van der Waals surface area (Å²) in [5.41, 5.74) is 0. The van der Waals surface area contributed by atoms with E-state index in [0.29, 0.717) is 0 Å². The Morgan fingerprint density at radius 3 is 2.60 bits per heavy atom. The maximum atomic E-state index is 4.95. The van der Waals surface area contributed by atoms with Crippen LogP contribution in [0.25, 0.3) is 0 Å². The molecule has 0 atom stereocenters. The van der Waals surface area contributed by atoms with Gasteiger partial charge in [0.2, 0.25) is 0 Å². The van der Waals surface area contributed by atoms with Crippen molar-refractivity contribution in [2.24, 2.45) is 0 Å². The molecule has 0 aliphatic carbocycles. The number of hydrogen-bond acceptors (Lipinski definition) is 0. The zero-order chi connectivity index (χ0) is 4.12. The second-order valence-electron chi connectivity index (χ2n) is 0.551. The SMILES string of the molecule is C#C[Te]CC. The third-order valence-electron chi connectivity index (χ3n) is 0.228. The van der Waals surface area contributed by atoms with Gasteiger partial charge < -0.3 is 0 Å². The van der Waals surface area contributed by atoms with Gasteiger partial charge in [-0.25, -0.2) is 0 Å². The predicted octanol–water partition coefficient (Wildman–Crippen LogP) is 0.720. The van der Waals surface area contributed by atoms with E-state index in [1.807, 2.05) is 0 Å². The van der Waals surface area contributed by atoms with Gasteiger partial charge in [0.05, 0.1) is 0 Å². The topological polar surface area (TPSA) is 0 Å². The normalized spacial score (nSPS) is 6.40. The molecule has 0 rings (SSSR count). The fourth-order valence-corrected chi connectivity index (χ4v) is 0.559. The van der Waals surface area contributed by atoms with E-state index in [2.05, 4.69) is 10.9 Å². The first-order valence-corrected chi connectivity index (χ1v) is 4.30. The molecule has 0 fully saturated rings. The van der Waals surface area contributed by atoms with Crippen LogP contribution < -0.4 is 0 Å². The molecule has 28 valence electrons. The monoisotopic (exact) mass is 184 g/mol. The van der Waals surface area contributed by atoms with Gasteiger partial charge in [-0.2, -0.15) is 0 Å². The van der Waals surface area contributed by atoms with Crippen LogP contribution in [0.4, 0.5) is 0 Å². The van der Waals surface area contributed by atoms with Gasteiger partial charge in [0.15, 0.2) is 0 Å². The fourth-order valence-electron chi connectivity index (χ4n) is 0.0833. The van der Waals surface area contributed by atoms with Crippen LogP contribution in [0, 0.1) is 10.4 Å². The zero-order valence-corrected chi connectivity index (χ0v) is 5.52. The molecule has 5 heavy (non-hydrogen) atoms. The summed E-state index contributed by atoms with van der Waals surface area (Å²) in [6.45, 7) is 2.13. The maximum absolute atomic E-state index is 4.95. The number of terminal acetylenes is 1. The van der Waals surface area contributed by atoms with E-state index in [9.17, 15) is 0 Å². The molecule has 0 heterocycles. The van der Waals surface area contributed by atoms with Crippen LogP contribution in [0.3, 0.4) is 0 Å². The first-order chi connectivity index (χ1) is 2.41. The molecule has 0 nitrogen and oxygen atoms in total. The molecule has 0 aliphatic heterocycles. The van der Waals surface area contributed by atoms with Gasteiger partial charge in [-0.05, 0) is 0 Å². The molecule has 0 saturated carbocycles. The van der Waals surface area contributed by atoms with E-state index in [1.165, 1.54) is 4.47 Å². The second kappa shape index (κ2) is 4.35. The molecule has 0 aromatic rings. The van der Waals surface area contributed by atoms with Crippen molar-refractivity contribution < 1.29 is 0 Å². The van der Waals surface area contributed by atoms with Crippen molar-refractivity contribution in [3.63, 3.8) is 0 Å². The molecule has 0 bridgehead atoms. The van der Waals surface area contributed by atoms with Crippen molar-refractivity contribution >= 4 is 20.9 Å². The summed E-state index contributed by atoms with van der Waals surface area (Å²) in [7, 11) is 0. The molecule has 0 amide bonds. The molecule has 1 heteroatoms. The van der Waals surface area contributed by atoms with Crippen LogP contribution in [0.15, 0.2) is 0 Å². The molecule has 0 radical (unpaired) electrons. The Balaban J connectivity index is 2.48. The van der Waals surface area contributed by atoms with Gasteiger partial charge in [0, 0.05) is 0 Å². The second-order valence-corrected chi connectivity index (χ2v) is 3.70. The Labute approximate surface area is 43.0 Å². The Morgan fingerprint density at radius 1 is 2.00 bits per heavy atom. The number of hydrogen-bond donors (Lipinski definition) is 0. The van der Waals surface area contributed by atoms with Crippen molar-refractivity contribution in [3.8, 4) is 10.4 Å². The molecular formula is C4H6Te. The van der Waals surface area contributed by atoms with Crippen molar-refractivity contribution in [3.05, 3.63) is 0 Å². The predicted molar refractivity (Wildman–Crippen MR) is 25.1 cm³/mol. The molecule has 0 aromatic carbocycles. The van der Waals surface area contributed by atoms with Gasteiger partial charge in [-0.3, -0.25) is 0 Å². The van der Waals surface area contributed by atoms with Crippen LogP contribution in [0.5, 0.6) is 0 Å². The van der Waals surface area contributed by atoms with Gasteiger partial charge >= 0.3 is 42.7 Å².